The first-order valence-corrected chi connectivity index (χ1v) is 8.05. The average molecular weight is 319 g/mol. The van der Waals surface area contributed by atoms with Crippen molar-refractivity contribution in [3.63, 3.8) is 0 Å². The highest BCUT2D eigenvalue weighted by Gasteiger charge is 2.35. The molecule has 0 amide bonds. The number of piperidine rings is 1. The van der Waals surface area contributed by atoms with Crippen molar-refractivity contribution < 1.29 is 4.74 Å². The van der Waals surface area contributed by atoms with E-state index in [-0.39, 0.29) is 5.56 Å². The quantitative estimate of drug-likeness (QED) is 0.515. The Morgan fingerprint density at radius 3 is 3.14 bits per heavy atom. The summed E-state index contributed by atoms with van der Waals surface area (Å²) in [7, 11) is 0. The minimum absolute atomic E-state index is 0.114. The fourth-order valence-corrected chi connectivity index (χ4v) is 3.73. The highest BCUT2D eigenvalue weighted by Crippen LogP contribution is 2.34. The molecular formula is C16H21N3O2S. The smallest absolute Gasteiger partial charge is 0.250 e. The van der Waals surface area contributed by atoms with E-state index in [0.717, 1.165) is 36.9 Å². The number of hydrogen-bond donors (Lipinski definition) is 1. The maximum absolute atomic E-state index is 12.0. The van der Waals surface area contributed by atoms with Crippen molar-refractivity contribution in [1.29, 1.82) is 0 Å². The topological polar surface area (TPSA) is 46.5 Å². The van der Waals surface area contributed by atoms with Crippen molar-refractivity contribution in [3.8, 4) is 0 Å². The van der Waals surface area contributed by atoms with Crippen LogP contribution in [0.15, 0.2) is 35.8 Å². The molecule has 1 N–H and O–H groups in total. The van der Waals surface area contributed by atoms with Crippen LogP contribution in [0.3, 0.4) is 0 Å². The van der Waals surface area contributed by atoms with E-state index in [9.17, 15) is 4.79 Å². The Kier molecular flexibility index (Phi) is 4.47. The molecule has 0 unspecified atom stereocenters. The second-order valence-corrected chi connectivity index (χ2v) is 6.26. The number of fused-ring (bicyclic) bond motifs is 4. The summed E-state index contributed by atoms with van der Waals surface area (Å²) in [6, 6.07) is 5.57. The Bertz CT molecular complexity index is 628. The Balaban J connectivity index is 1.67. The minimum Gasteiger partial charge on any atom is -0.500 e. The van der Waals surface area contributed by atoms with Crippen molar-refractivity contribution >= 4 is 17.3 Å². The van der Waals surface area contributed by atoms with Crippen LogP contribution in [0.25, 0.3) is 0 Å². The fourth-order valence-electron chi connectivity index (χ4n) is 3.47. The number of likely N-dealkylation sites (tertiary alicyclic amines) is 1. The molecule has 118 valence electrons. The van der Waals surface area contributed by atoms with Gasteiger partial charge in [-0.1, -0.05) is 12.6 Å². The van der Waals surface area contributed by atoms with E-state index in [1.165, 1.54) is 6.26 Å². The van der Waals surface area contributed by atoms with Gasteiger partial charge in [-0.2, -0.15) is 0 Å². The molecule has 22 heavy (non-hydrogen) atoms. The first-order valence-electron chi connectivity index (χ1n) is 7.64. The molecule has 3 rings (SSSR count). The molecule has 2 aliphatic heterocycles. The second kappa shape index (κ2) is 6.52. The summed E-state index contributed by atoms with van der Waals surface area (Å²) in [5.41, 5.74) is 1.26. The van der Waals surface area contributed by atoms with Gasteiger partial charge in [0.25, 0.3) is 5.56 Å². The zero-order valence-corrected chi connectivity index (χ0v) is 13.3. The van der Waals surface area contributed by atoms with Crippen molar-refractivity contribution in [2.45, 2.75) is 18.9 Å². The number of rotatable bonds is 4. The van der Waals surface area contributed by atoms with Crippen LogP contribution in [0.2, 0.25) is 0 Å². The number of nitrogens with one attached hydrogen (secondary N) is 1. The van der Waals surface area contributed by atoms with E-state index in [1.807, 2.05) is 10.6 Å². The Hall–Kier alpha value is -1.82. The standard InChI is InChI=1S/C16H21N3O2S/c1-2-21-7-6-17-16(22)18-9-12-8-13(11-18)14-4-3-5-15(20)19(14)10-12/h2-5,12-13H,1,6-11H2,(H,17,22)/t12-,13+/m1/s1. The van der Waals surface area contributed by atoms with Crippen LogP contribution in [-0.2, 0) is 11.3 Å². The van der Waals surface area contributed by atoms with Crippen LogP contribution in [-0.4, -0.2) is 40.8 Å². The van der Waals surface area contributed by atoms with Gasteiger partial charge in [-0.15, -0.1) is 0 Å². The number of aromatic nitrogens is 1. The van der Waals surface area contributed by atoms with Crippen molar-refractivity contribution in [2.24, 2.45) is 5.92 Å². The molecule has 0 radical (unpaired) electrons. The van der Waals surface area contributed by atoms with Crippen molar-refractivity contribution in [3.05, 3.63) is 47.1 Å². The summed E-state index contributed by atoms with van der Waals surface area (Å²) < 4.78 is 7.03. The third kappa shape index (κ3) is 3.02. The van der Waals surface area contributed by atoms with Gasteiger partial charge in [-0.05, 0) is 30.6 Å². The van der Waals surface area contributed by atoms with Crippen LogP contribution in [0.1, 0.15) is 18.0 Å². The molecule has 2 aliphatic rings. The summed E-state index contributed by atoms with van der Waals surface area (Å²) in [6.07, 6.45) is 2.58. The maximum atomic E-state index is 12.0. The Morgan fingerprint density at radius 2 is 2.32 bits per heavy atom. The molecule has 0 aliphatic carbocycles. The number of thiocarbonyl (C=S) groups is 1. The molecule has 1 aromatic rings. The largest absolute Gasteiger partial charge is 0.500 e. The van der Waals surface area contributed by atoms with Gasteiger partial charge in [0.1, 0.15) is 6.61 Å². The minimum atomic E-state index is 0.114. The molecule has 2 atom stereocenters. The van der Waals surface area contributed by atoms with Crippen LogP contribution in [0.5, 0.6) is 0 Å². The molecule has 1 aromatic heterocycles. The molecule has 6 heteroatoms. The van der Waals surface area contributed by atoms with Gasteiger partial charge < -0.3 is 19.5 Å². The van der Waals surface area contributed by atoms with Gasteiger partial charge >= 0.3 is 0 Å². The predicted octanol–water partition coefficient (Wildman–Crippen LogP) is 1.30. The lowest BCUT2D eigenvalue weighted by molar-refractivity contribution is 0.176. The summed E-state index contributed by atoms with van der Waals surface area (Å²) >= 11 is 5.49. The van der Waals surface area contributed by atoms with Gasteiger partial charge in [0.15, 0.2) is 5.11 Å². The Morgan fingerprint density at radius 1 is 1.45 bits per heavy atom. The van der Waals surface area contributed by atoms with Gasteiger partial charge in [-0.3, -0.25) is 4.79 Å². The molecule has 1 fully saturated rings. The zero-order valence-electron chi connectivity index (χ0n) is 12.5. The molecular weight excluding hydrogens is 298 g/mol. The molecule has 3 heterocycles. The lowest BCUT2D eigenvalue weighted by Gasteiger charge is -2.43. The van der Waals surface area contributed by atoms with E-state index in [2.05, 4.69) is 22.9 Å². The first kappa shape index (κ1) is 15.1. The van der Waals surface area contributed by atoms with Gasteiger partial charge in [0.2, 0.25) is 0 Å². The molecule has 0 aromatic carbocycles. The summed E-state index contributed by atoms with van der Waals surface area (Å²) in [6.45, 7) is 7.32. The monoisotopic (exact) mass is 319 g/mol. The molecule has 1 saturated heterocycles. The molecule has 0 spiro atoms. The average Bonchev–Trinajstić information content (AvgIpc) is 2.52. The first-order chi connectivity index (χ1) is 10.7. The normalized spacial score (nSPS) is 22.6. The lowest BCUT2D eigenvalue weighted by Crippen LogP contribution is -2.52. The summed E-state index contributed by atoms with van der Waals surface area (Å²) in [4.78, 5) is 14.2. The van der Waals surface area contributed by atoms with E-state index >= 15 is 0 Å². The third-order valence-corrected chi connectivity index (χ3v) is 4.78. The molecule has 0 saturated carbocycles. The highest BCUT2D eigenvalue weighted by molar-refractivity contribution is 7.80. The number of ether oxygens (including phenoxy) is 1. The highest BCUT2D eigenvalue weighted by atomic mass is 32.1. The van der Waals surface area contributed by atoms with E-state index < -0.39 is 0 Å². The maximum Gasteiger partial charge on any atom is 0.250 e. The van der Waals surface area contributed by atoms with E-state index in [4.69, 9.17) is 17.0 Å². The van der Waals surface area contributed by atoms with Crippen LogP contribution < -0.4 is 10.9 Å². The SMILES string of the molecule is C=COCCNC(=S)N1C[C@H]2C[C@@H](C1)c1cccc(=O)n1C2. The fraction of sp³-hybridized carbons (Fsp3) is 0.500. The van der Waals surface area contributed by atoms with Crippen LogP contribution >= 0.6 is 12.2 Å². The van der Waals surface area contributed by atoms with Crippen molar-refractivity contribution in [1.82, 2.24) is 14.8 Å². The van der Waals surface area contributed by atoms with E-state index in [1.54, 1.807) is 6.07 Å². The van der Waals surface area contributed by atoms with Gasteiger partial charge in [-0.25, -0.2) is 0 Å². The number of nitrogens with zero attached hydrogens (tertiary/aromatic N) is 2. The van der Waals surface area contributed by atoms with Crippen molar-refractivity contribution in [2.75, 3.05) is 26.2 Å². The van der Waals surface area contributed by atoms with Crippen LogP contribution in [0.4, 0.5) is 0 Å². The number of pyridine rings is 1. The second-order valence-electron chi connectivity index (χ2n) is 5.87. The van der Waals surface area contributed by atoms with Gasteiger partial charge in [0, 0.05) is 37.3 Å². The molecule has 2 bridgehead atoms. The lowest BCUT2D eigenvalue weighted by atomic mass is 9.83. The summed E-state index contributed by atoms with van der Waals surface area (Å²) in [5.74, 6) is 0.862. The third-order valence-electron chi connectivity index (χ3n) is 4.38. The van der Waals surface area contributed by atoms with Gasteiger partial charge in [0.05, 0.1) is 12.8 Å². The predicted molar refractivity (Wildman–Crippen MR) is 89.9 cm³/mol. The summed E-state index contributed by atoms with van der Waals surface area (Å²) in [5, 5.41) is 4.00. The number of hydrogen-bond acceptors (Lipinski definition) is 3. The zero-order chi connectivity index (χ0) is 15.5. The van der Waals surface area contributed by atoms with Crippen LogP contribution in [0, 0.1) is 5.92 Å². The van der Waals surface area contributed by atoms with E-state index in [0.29, 0.717) is 25.0 Å². The Labute approximate surface area is 135 Å². The molecule has 5 nitrogen and oxygen atoms in total.